The van der Waals surface area contributed by atoms with Crippen molar-refractivity contribution in [2.75, 3.05) is 33.5 Å². The number of hydrogen-bond acceptors (Lipinski definition) is 3. The standard InChI is InChI=1S/C21H32FNO2/c1-15(2)11-16-5-6-19-18-13-20(24-3)21(25-10-4-8-22)12-17(18)7-9-23(19)14-16/h12-13,15-16,19H,4-11,14H2,1-3H3/t16-,19-/m1/s1/i22-1. The van der Waals surface area contributed by atoms with Gasteiger partial charge in [-0.1, -0.05) is 13.8 Å². The number of halogens is 1. The van der Waals surface area contributed by atoms with Crippen LogP contribution in [0, 0.1) is 11.8 Å². The number of hydrogen-bond donors (Lipinski definition) is 0. The van der Waals surface area contributed by atoms with Gasteiger partial charge in [-0.2, -0.15) is 0 Å². The number of rotatable bonds is 7. The monoisotopic (exact) mass is 348 g/mol. The van der Waals surface area contributed by atoms with E-state index < -0.39 is 0 Å². The minimum atomic E-state index is -0.345. The minimum Gasteiger partial charge on any atom is -0.493 e. The second-order valence-corrected chi connectivity index (χ2v) is 7.93. The summed E-state index contributed by atoms with van der Waals surface area (Å²) in [4.78, 5) is 2.67. The van der Waals surface area contributed by atoms with Gasteiger partial charge in [0.05, 0.1) is 20.4 Å². The van der Waals surface area contributed by atoms with E-state index in [1.807, 2.05) is 0 Å². The lowest BCUT2D eigenvalue weighted by molar-refractivity contribution is 0.0893. The Morgan fingerprint density at radius 3 is 2.80 bits per heavy atom. The van der Waals surface area contributed by atoms with Crippen LogP contribution in [-0.2, 0) is 6.42 Å². The summed E-state index contributed by atoms with van der Waals surface area (Å²) in [6, 6.07) is 4.81. The molecule has 1 fully saturated rings. The molecule has 3 rings (SSSR count). The molecule has 0 saturated carbocycles. The van der Waals surface area contributed by atoms with Gasteiger partial charge in [-0.15, -0.1) is 0 Å². The van der Waals surface area contributed by atoms with E-state index in [4.69, 9.17) is 9.47 Å². The maximum Gasteiger partial charge on any atom is 0.161 e. The van der Waals surface area contributed by atoms with Gasteiger partial charge >= 0.3 is 0 Å². The first kappa shape index (κ1) is 18.5. The van der Waals surface area contributed by atoms with Crippen LogP contribution in [0.15, 0.2) is 12.1 Å². The molecule has 4 heteroatoms. The Kier molecular flexibility index (Phi) is 6.21. The van der Waals surface area contributed by atoms with Gasteiger partial charge in [-0.05, 0) is 60.8 Å². The summed E-state index contributed by atoms with van der Waals surface area (Å²) in [5, 5.41) is 0. The van der Waals surface area contributed by atoms with Crippen molar-refractivity contribution in [2.45, 2.75) is 52.0 Å². The molecule has 1 saturated heterocycles. The van der Waals surface area contributed by atoms with Crippen molar-refractivity contribution in [1.82, 2.24) is 4.90 Å². The lowest BCUT2D eigenvalue weighted by Crippen LogP contribution is -2.42. The zero-order valence-electron chi connectivity index (χ0n) is 15.9. The Morgan fingerprint density at radius 1 is 1.24 bits per heavy atom. The predicted octanol–water partition coefficient (Wildman–Crippen LogP) is 4.79. The number of ether oxygens (including phenoxy) is 2. The molecule has 1 aromatic carbocycles. The van der Waals surface area contributed by atoms with Gasteiger partial charge in [-0.3, -0.25) is 9.29 Å². The van der Waals surface area contributed by atoms with Gasteiger partial charge in [0.2, 0.25) is 0 Å². The van der Waals surface area contributed by atoms with Crippen molar-refractivity contribution < 1.29 is 13.9 Å². The number of methoxy groups -OCH3 is 1. The number of piperidine rings is 1. The van der Waals surface area contributed by atoms with E-state index >= 15 is 0 Å². The maximum absolute atomic E-state index is 12.3. The van der Waals surface area contributed by atoms with Crippen LogP contribution in [0.5, 0.6) is 11.5 Å². The molecule has 0 N–H and O–H groups in total. The fourth-order valence-corrected chi connectivity index (χ4v) is 4.50. The zero-order valence-corrected chi connectivity index (χ0v) is 15.9. The van der Waals surface area contributed by atoms with E-state index in [0.29, 0.717) is 19.1 Å². The van der Waals surface area contributed by atoms with E-state index in [1.54, 1.807) is 7.11 Å². The Labute approximate surface area is 151 Å². The Morgan fingerprint density at radius 2 is 2.08 bits per heavy atom. The maximum atomic E-state index is 12.3. The Hall–Kier alpha value is -1.29. The van der Waals surface area contributed by atoms with Crippen LogP contribution in [0.2, 0.25) is 0 Å². The van der Waals surface area contributed by atoms with Gasteiger partial charge in [0.15, 0.2) is 11.5 Å². The highest BCUT2D eigenvalue weighted by Gasteiger charge is 2.34. The molecule has 0 amide bonds. The number of benzene rings is 1. The third-order valence-corrected chi connectivity index (χ3v) is 5.57. The molecule has 0 aromatic heterocycles. The Balaban J connectivity index is 1.76. The van der Waals surface area contributed by atoms with Gasteiger partial charge in [0.1, 0.15) is 0 Å². The summed E-state index contributed by atoms with van der Waals surface area (Å²) in [5.74, 6) is 3.16. The van der Waals surface area contributed by atoms with Crippen molar-refractivity contribution in [3.05, 3.63) is 23.3 Å². The molecule has 0 unspecified atom stereocenters. The molecule has 0 bridgehead atoms. The fourth-order valence-electron chi connectivity index (χ4n) is 4.50. The first-order chi connectivity index (χ1) is 12.1. The molecule has 0 aliphatic carbocycles. The molecular formula is C21H32FNO2. The molecule has 1 aromatic rings. The number of fused-ring (bicyclic) bond motifs is 3. The average Bonchev–Trinajstić information content (AvgIpc) is 2.60. The van der Waals surface area contributed by atoms with Crippen LogP contribution >= 0.6 is 0 Å². The zero-order chi connectivity index (χ0) is 17.8. The highest BCUT2D eigenvalue weighted by molar-refractivity contribution is 5.49. The van der Waals surface area contributed by atoms with Crippen LogP contribution < -0.4 is 9.47 Å². The van der Waals surface area contributed by atoms with Crippen LogP contribution in [0.1, 0.15) is 56.7 Å². The summed E-state index contributed by atoms with van der Waals surface area (Å²) in [6.07, 6.45) is 5.36. The van der Waals surface area contributed by atoms with E-state index in [9.17, 15) is 4.39 Å². The van der Waals surface area contributed by atoms with Crippen LogP contribution in [0.4, 0.5) is 4.39 Å². The topological polar surface area (TPSA) is 21.7 Å². The first-order valence-electron chi connectivity index (χ1n) is 9.76. The third kappa shape index (κ3) is 4.28. The van der Waals surface area contributed by atoms with Crippen molar-refractivity contribution in [2.24, 2.45) is 11.8 Å². The molecule has 0 radical (unpaired) electrons. The summed E-state index contributed by atoms with van der Waals surface area (Å²) in [7, 11) is 1.68. The second kappa shape index (κ2) is 8.39. The smallest absolute Gasteiger partial charge is 0.161 e. The van der Waals surface area contributed by atoms with E-state index in [2.05, 4.69) is 30.9 Å². The summed E-state index contributed by atoms with van der Waals surface area (Å²) in [6.45, 7) is 7.06. The molecule has 25 heavy (non-hydrogen) atoms. The highest BCUT2D eigenvalue weighted by Crippen LogP contribution is 2.43. The first-order valence-corrected chi connectivity index (χ1v) is 9.76. The molecule has 2 aliphatic heterocycles. The van der Waals surface area contributed by atoms with Gasteiger partial charge in [0, 0.05) is 25.6 Å². The molecule has 3 nitrogen and oxygen atoms in total. The third-order valence-electron chi connectivity index (χ3n) is 5.57. The van der Waals surface area contributed by atoms with E-state index in [1.165, 1.54) is 36.9 Å². The van der Waals surface area contributed by atoms with Crippen molar-refractivity contribution in [3.8, 4) is 11.5 Å². The molecular weight excluding hydrogens is 316 g/mol. The SMILES string of the molecule is COc1cc2c(cc1OCCC[18F])CCN1C[C@@H](CC(C)C)CC[C@H]21. The highest BCUT2D eigenvalue weighted by atomic mass is 18.2. The molecule has 0 spiro atoms. The summed E-state index contributed by atoms with van der Waals surface area (Å²) < 4.78 is 23.6. The largest absolute Gasteiger partial charge is 0.493 e. The second-order valence-electron chi connectivity index (χ2n) is 7.93. The van der Waals surface area contributed by atoms with Crippen LogP contribution in [-0.4, -0.2) is 38.4 Å². The molecule has 2 atom stereocenters. The normalized spacial score (nSPS) is 23.2. The molecule has 140 valence electrons. The lowest BCUT2D eigenvalue weighted by atomic mass is 9.81. The van der Waals surface area contributed by atoms with Crippen molar-refractivity contribution in [1.29, 1.82) is 0 Å². The number of alkyl halides is 1. The van der Waals surface area contributed by atoms with E-state index in [0.717, 1.165) is 36.3 Å². The summed E-state index contributed by atoms with van der Waals surface area (Å²) >= 11 is 0. The van der Waals surface area contributed by atoms with Gasteiger partial charge in [0.25, 0.3) is 0 Å². The molecule has 2 aliphatic rings. The van der Waals surface area contributed by atoms with Crippen LogP contribution in [0.3, 0.4) is 0 Å². The average molecular weight is 348 g/mol. The Bertz CT molecular complexity index is 575. The number of nitrogens with zero attached hydrogens (tertiary/aromatic N) is 1. The quantitative estimate of drug-likeness (QED) is 0.661. The lowest BCUT2D eigenvalue weighted by Gasteiger charge is -2.44. The van der Waals surface area contributed by atoms with Crippen molar-refractivity contribution in [3.63, 3.8) is 0 Å². The predicted molar refractivity (Wildman–Crippen MR) is 99.3 cm³/mol. The summed E-state index contributed by atoms with van der Waals surface area (Å²) in [5.41, 5.74) is 2.78. The van der Waals surface area contributed by atoms with Crippen LogP contribution in [0.25, 0.3) is 0 Å². The minimum absolute atomic E-state index is 0.345. The van der Waals surface area contributed by atoms with Gasteiger partial charge in [-0.25, -0.2) is 0 Å². The molecule has 2 heterocycles. The van der Waals surface area contributed by atoms with Gasteiger partial charge < -0.3 is 9.47 Å². The van der Waals surface area contributed by atoms with E-state index in [-0.39, 0.29) is 6.67 Å². The van der Waals surface area contributed by atoms with Crippen molar-refractivity contribution >= 4 is 0 Å². The fraction of sp³-hybridized carbons (Fsp3) is 0.714.